The first-order valence-electron chi connectivity index (χ1n) is 8.75. The summed E-state index contributed by atoms with van der Waals surface area (Å²) in [6.07, 6.45) is 3.90. The Kier molecular flexibility index (Phi) is 5.69. The summed E-state index contributed by atoms with van der Waals surface area (Å²) in [5.74, 6) is 0.775. The van der Waals surface area contributed by atoms with Crippen molar-refractivity contribution in [2.75, 3.05) is 7.05 Å². The van der Waals surface area contributed by atoms with E-state index < -0.39 is 0 Å². The van der Waals surface area contributed by atoms with Crippen LogP contribution in [0.25, 0.3) is 5.69 Å². The molecule has 5 heteroatoms. The summed E-state index contributed by atoms with van der Waals surface area (Å²) in [5.41, 5.74) is 6.00. The average molecular weight is 347 g/mol. The molecule has 0 aliphatic rings. The van der Waals surface area contributed by atoms with Crippen molar-refractivity contribution in [1.29, 1.82) is 0 Å². The van der Waals surface area contributed by atoms with E-state index in [0.717, 1.165) is 23.8 Å². The number of aromatic nitrogens is 2. The molecule has 3 aromatic rings. The molecule has 0 unspecified atom stereocenters. The van der Waals surface area contributed by atoms with E-state index in [2.05, 4.69) is 52.8 Å². The third-order valence-electron chi connectivity index (χ3n) is 4.28. The van der Waals surface area contributed by atoms with Crippen LogP contribution in [-0.2, 0) is 13.1 Å². The summed E-state index contributed by atoms with van der Waals surface area (Å²) in [7, 11) is 1.78. The maximum Gasteiger partial charge on any atom is 0.191 e. The zero-order chi connectivity index (χ0) is 18.4. The summed E-state index contributed by atoms with van der Waals surface area (Å²) in [5, 5.41) is 11.1. The first kappa shape index (κ1) is 17.7. The predicted molar refractivity (Wildman–Crippen MR) is 107 cm³/mol. The Morgan fingerprint density at radius 3 is 2.54 bits per heavy atom. The Morgan fingerprint density at radius 2 is 1.81 bits per heavy atom. The molecule has 0 atom stereocenters. The van der Waals surface area contributed by atoms with Gasteiger partial charge in [-0.15, -0.1) is 0 Å². The molecule has 2 aromatic carbocycles. The van der Waals surface area contributed by atoms with Crippen molar-refractivity contribution in [2.45, 2.75) is 26.9 Å². The molecule has 5 nitrogen and oxygen atoms in total. The number of benzene rings is 2. The molecule has 3 rings (SSSR count). The standard InChI is InChI=1S/C21H25N5/c1-16-9-10-19(17(2)11-16)14-24-21(22-3)23-12-18-13-25-26(15-18)20-7-5-4-6-8-20/h4-11,13,15H,12,14H2,1-3H3,(H2,22,23,24). The van der Waals surface area contributed by atoms with Crippen LogP contribution in [0.5, 0.6) is 0 Å². The minimum atomic E-state index is 0.666. The molecule has 0 spiro atoms. The third kappa shape index (κ3) is 4.51. The summed E-state index contributed by atoms with van der Waals surface area (Å²) in [6.45, 7) is 5.66. The second-order valence-electron chi connectivity index (χ2n) is 6.34. The highest BCUT2D eigenvalue weighted by atomic mass is 15.3. The Morgan fingerprint density at radius 1 is 1.04 bits per heavy atom. The van der Waals surface area contributed by atoms with Gasteiger partial charge in [-0.25, -0.2) is 4.68 Å². The molecule has 1 aromatic heterocycles. The maximum atomic E-state index is 4.42. The fourth-order valence-corrected chi connectivity index (χ4v) is 2.80. The Balaban J connectivity index is 1.55. The molecule has 26 heavy (non-hydrogen) atoms. The third-order valence-corrected chi connectivity index (χ3v) is 4.28. The van der Waals surface area contributed by atoms with Crippen LogP contribution in [0.15, 0.2) is 65.9 Å². The Hall–Kier alpha value is -3.08. The Bertz CT molecular complexity index is 880. The molecule has 0 radical (unpaired) electrons. The number of rotatable bonds is 5. The SMILES string of the molecule is CN=C(NCc1cnn(-c2ccccc2)c1)NCc1ccc(C)cc1C. The van der Waals surface area contributed by atoms with Crippen molar-refractivity contribution in [3.05, 3.63) is 83.2 Å². The van der Waals surface area contributed by atoms with Crippen molar-refractivity contribution in [3.63, 3.8) is 0 Å². The van der Waals surface area contributed by atoms with Gasteiger partial charge in [-0.2, -0.15) is 5.10 Å². The smallest absolute Gasteiger partial charge is 0.191 e. The van der Waals surface area contributed by atoms with Crippen LogP contribution in [-0.4, -0.2) is 22.8 Å². The highest BCUT2D eigenvalue weighted by Gasteiger charge is 2.04. The number of nitrogens with zero attached hydrogens (tertiary/aromatic N) is 3. The number of nitrogens with one attached hydrogen (secondary N) is 2. The summed E-state index contributed by atoms with van der Waals surface area (Å²) < 4.78 is 1.88. The van der Waals surface area contributed by atoms with Gasteiger partial charge in [0.05, 0.1) is 11.9 Å². The van der Waals surface area contributed by atoms with Gasteiger partial charge in [0.1, 0.15) is 0 Å². The lowest BCUT2D eigenvalue weighted by molar-refractivity contribution is 0.805. The number of guanidine groups is 1. The van der Waals surface area contributed by atoms with Crippen LogP contribution in [0.2, 0.25) is 0 Å². The molecule has 2 N–H and O–H groups in total. The van der Waals surface area contributed by atoms with Gasteiger partial charge in [0.2, 0.25) is 0 Å². The van der Waals surface area contributed by atoms with Gasteiger partial charge in [0, 0.05) is 31.9 Å². The number of aryl methyl sites for hydroxylation is 2. The maximum absolute atomic E-state index is 4.42. The quantitative estimate of drug-likeness (QED) is 0.550. The van der Waals surface area contributed by atoms with Crippen LogP contribution < -0.4 is 10.6 Å². The van der Waals surface area contributed by atoms with Crippen molar-refractivity contribution < 1.29 is 0 Å². The lowest BCUT2D eigenvalue weighted by Gasteiger charge is -2.13. The van der Waals surface area contributed by atoms with Gasteiger partial charge in [-0.1, -0.05) is 42.0 Å². The molecule has 0 aliphatic heterocycles. The minimum Gasteiger partial charge on any atom is -0.352 e. The highest BCUT2D eigenvalue weighted by molar-refractivity contribution is 5.79. The largest absolute Gasteiger partial charge is 0.352 e. The summed E-state index contributed by atoms with van der Waals surface area (Å²) in [6, 6.07) is 16.6. The first-order chi connectivity index (χ1) is 12.7. The molecule has 134 valence electrons. The fourth-order valence-electron chi connectivity index (χ4n) is 2.80. The van der Waals surface area contributed by atoms with Crippen molar-refractivity contribution in [1.82, 2.24) is 20.4 Å². The predicted octanol–water partition coefficient (Wildman–Crippen LogP) is 3.35. The van der Waals surface area contributed by atoms with E-state index in [4.69, 9.17) is 0 Å². The van der Waals surface area contributed by atoms with E-state index in [1.807, 2.05) is 47.4 Å². The highest BCUT2D eigenvalue weighted by Crippen LogP contribution is 2.10. The molecular formula is C21H25N5. The van der Waals surface area contributed by atoms with Crippen LogP contribution in [0.4, 0.5) is 0 Å². The monoisotopic (exact) mass is 347 g/mol. The van der Waals surface area contributed by atoms with Crippen LogP contribution >= 0.6 is 0 Å². The molecule has 0 fully saturated rings. The molecular weight excluding hydrogens is 322 g/mol. The molecule has 0 saturated carbocycles. The van der Waals surface area contributed by atoms with E-state index in [0.29, 0.717) is 6.54 Å². The average Bonchev–Trinajstić information content (AvgIpc) is 3.13. The van der Waals surface area contributed by atoms with Gasteiger partial charge in [0.15, 0.2) is 5.96 Å². The molecule has 0 saturated heterocycles. The van der Waals surface area contributed by atoms with Gasteiger partial charge in [-0.05, 0) is 37.1 Å². The van der Waals surface area contributed by atoms with E-state index >= 15 is 0 Å². The van der Waals surface area contributed by atoms with Crippen molar-refractivity contribution >= 4 is 5.96 Å². The van der Waals surface area contributed by atoms with Gasteiger partial charge in [0.25, 0.3) is 0 Å². The van der Waals surface area contributed by atoms with Crippen LogP contribution in [0.3, 0.4) is 0 Å². The summed E-state index contributed by atoms with van der Waals surface area (Å²) >= 11 is 0. The minimum absolute atomic E-state index is 0.666. The number of para-hydroxylation sites is 1. The van der Waals surface area contributed by atoms with E-state index in [9.17, 15) is 0 Å². The van der Waals surface area contributed by atoms with Crippen molar-refractivity contribution in [2.24, 2.45) is 4.99 Å². The number of aliphatic imine (C=N–C) groups is 1. The topological polar surface area (TPSA) is 54.2 Å². The summed E-state index contributed by atoms with van der Waals surface area (Å²) in [4.78, 5) is 4.30. The molecule has 0 amide bonds. The second kappa shape index (κ2) is 8.34. The van der Waals surface area contributed by atoms with Crippen LogP contribution in [0.1, 0.15) is 22.3 Å². The number of hydrogen-bond donors (Lipinski definition) is 2. The fraction of sp³-hybridized carbons (Fsp3) is 0.238. The van der Waals surface area contributed by atoms with E-state index in [1.54, 1.807) is 7.05 Å². The van der Waals surface area contributed by atoms with E-state index in [-0.39, 0.29) is 0 Å². The molecule has 0 bridgehead atoms. The van der Waals surface area contributed by atoms with E-state index in [1.165, 1.54) is 16.7 Å². The first-order valence-corrected chi connectivity index (χ1v) is 8.75. The molecule has 1 heterocycles. The van der Waals surface area contributed by atoms with Crippen LogP contribution in [0, 0.1) is 13.8 Å². The zero-order valence-electron chi connectivity index (χ0n) is 15.5. The van der Waals surface area contributed by atoms with Gasteiger partial charge < -0.3 is 10.6 Å². The second-order valence-corrected chi connectivity index (χ2v) is 6.34. The zero-order valence-corrected chi connectivity index (χ0v) is 15.5. The van der Waals surface area contributed by atoms with Crippen molar-refractivity contribution in [3.8, 4) is 5.69 Å². The lowest BCUT2D eigenvalue weighted by Crippen LogP contribution is -2.36. The number of hydrogen-bond acceptors (Lipinski definition) is 2. The van der Waals surface area contributed by atoms with Gasteiger partial charge in [-0.3, -0.25) is 4.99 Å². The Labute approximate surface area is 154 Å². The lowest BCUT2D eigenvalue weighted by atomic mass is 10.1. The van der Waals surface area contributed by atoms with Gasteiger partial charge >= 0.3 is 0 Å². The molecule has 0 aliphatic carbocycles. The normalized spacial score (nSPS) is 11.4.